The molecule has 0 radical (unpaired) electrons. The number of para-hydroxylation sites is 1. The predicted molar refractivity (Wildman–Crippen MR) is 96.4 cm³/mol. The molecule has 4 rings (SSSR count). The molecule has 0 saturated heterocycles. The number of hydrogen-bond acceptors (Lipinski definition) is 5. The van der Waals surface area contributed by atoms with Crippen molar-refractivity contribution in [3.8, 4) is 22.8 Å². The normalized spacial score (nSPS) is 10.8. The summed E-state index contributed by atoms with van der Waals surface area (Å²) in [6.45, 7) is 0. The number of nitrogens with one attached hydrogen (secondary N) is 1. The number of aromatic nitrogens is 3. The number of fused-ring (bicyclic) bond motifs is 1. The van der Waals surface area contributed by atoms with E-state index in [1.807, 2.05) is 47.0 Å². The van der Waals surface area contributed by atoms with Gasteiger partial charge in [0.25, 0.3) is 0 Å². The quantitative estimate of drug-likeness (QED) is 0.594. The van der Waals surface area contributed by atoms with Crippen LogP contribution >= 0.6 is 0 Å². The van der Waals surface area contributed by atoms with Crippen LogP contribution in [-0.2, 0) is 0 Å². The van der Waals surface area contributed by atoms with Crippen molar-refractivity contribution in [1.82, 2.24) is 14.4 Å². The van der Waals surface area contributed by atoms with Crippen LogP contribution in [0.5, 0.6) is 11.5 Å². The van der Waals surface area contributed by atoms with Gasteiger partial charge in [-0.05, 0) is 24.3 Å². The highest BCUT2D eigenvalue weighted by Gasteiger charge is 2.17. The Hall–Kier alpha value is -3.54. The van der Waals surface area contributed by atoms with E-state index < -0.39 is 0 Å². The number of rotatable bonds is 4. The van der Waals surface area contributed by atoms with E-state index in [-0.39, 0.29) is 5.75 Å². The number of nitrogens with zero attached hydrogens (tertiary/aromatic N) is 3. The van der Waals surface area contributed by atoms with Crippen LogP contribution in [-0.4, -0.2) is 26.6 Å². The second-order valence-corrected chi connectivity index (χ2v) is 5.49. The van der Waals surface area contributed by atoms with E-state index in [2.05, 4.69) is 15.3 Å². The summed E-state index contributed by atoms with van der Waals surface area (Å²) in [5.41, 5.74) is 2.84. The molecule has 2 N–H and O–H groups in total. The average Bonchev–Trinajstić information content (AvgIpc) is 3.01. The van der Waals surface area contributed by atoms with Gasteiger partial charge in [0.05, 0.1) is 13.3 Å². The average molecular weight is 332 g/mol. The molecule has 2 heterocycles. The number of anilines is 2. The fourth-order valence-corrected chi connectivity index (χ4v) is 2.73. The Balaban J connectivity index is 1.89. The van der Waals surface area contributed by atoms with E-state index in [1.54, 1.807) is 31.6 Å². The maximum absolute atomic E-state index is 10.2. The lowest BCUT2D eigenvalue weighted by Crippen LogP contribution is -1.97. The van der Waals surface area contributed by atoms with Crippen LogP contribution in [0.4, 0.5) is 11.5 Å². The summed E-state index contributed by atoms with van der Waals surface area (Å²) < 4.78 is 7.18. The Bertz CT molecular complexity index is 1040. The Morgan fingerprint density at radius 1 is 1.12 bits per heavy atom. The molecule has 0 unspecified atom stereocenters. The van der Waals surface area contributed by atoms with Gasteiger partial charge in [0.1, 0.15) is 23.0 Å². The highest BCUT2D eigenvalue weighted by atomic mass is 16.5. The second-order valence-electron chi connectivity index (χ2n) is 5.49. The monoisotopic (exact) mass is 332 g/mol. The zero-order valence-corrected chi connectivity index (χ0v) is 13.5. The Morgan fingerprint density at radius 2 is 2.00 bits per heavy atom. The number of benzene rings is 2. The molecule has 124 valence electrons. The lowest BCUT2D eigenvalue weighted by Gasteiger charge is -2.10. The first-order valence-corrected chi connectivity index (χ1v) is 7.78. The summed E-state index contributed by atoms with van der Waals surface area (Å²) in [5.74, 6) is 1.67. The van der Waals surface area contributed by atoms with E-state index in [0.29, 0.717) is 16.9 Å². The van der Waals surface area contributed by atoms with Crippen molar-refractivity contribution in [2.75, 3.05) is 12.4 Å². The third-order valence-electron chi connectivity index (χ3n) is 3.92. The number of aromatic hydroxyl groups is 1. The van der Waals surface area contributed by atoms with Gasteiger partial charge < -0.3 is 15.2 Å². The van der Waals surface area contributed by atoms with E-state index in [9.17, 15) is 5.11 Å². The largest absolute Gasteiger partial charge is 0.507 e. The second kappa shape index (κ2) is 6.16. The van der Waals surface area contributed by atoms with Gasteiger partial charge >= 0.3 is 0 Å². The SMILES string of the molecule is COc1cccc(Nc2c(-c3ccccc3O)nc3cnccn23)c1. The minimum Gasteiger partial charge on any atom is -0.507 e. The molecule has 25 heavy (non-hydrogen) atoms. The lowest BCUT2D eigenvalue weighted by molar-refractivity contribution is 0.415. The summed E-state index contributed by atoms with van der Waals surface area (Å²) >= 11 is 0. The molecule has 0 aliphatic heterocycles. The minimum atomic E-state index is 0.174. The van der Waals surface area contributed by atoms with Crippen LogP contribution in [0.15, 0.2) is 67.1 Å². The van der Waals surface area contributed by atoms with Crippen molar-refractivity contribution in [2.24, 2.45) is 0 Å². The van der Waals surface area contributed by atoms with Crippen molar-refractivity contribution in [3.63, 3.8) is 0 Å². The molecule has 4 aromatic rings. The third kappa shape index (κ3) is 2.74. The minimum absolute atomic E-state index is 0.174. The highest BCUT2D eigenvalue weighted by molar-refractivity contribution is 5.82. The van der Waals surface area contributed by atoms with Gasteiger partial charge in [0.15, 0.2) is 5.65 Å². The first-order chi connectivity index (χ1) is 12.3. The third-order valence-corrected chi connectivity index (χ3v) is 3.92. The van der Waals surface area contributed by atoms with E-state index >= 15 is 0 Å². The van der Waals surface area contributed by atoms with E-state index in [0.717, 1.165) is 17.3 Å². The van der Waals surface area contributed by atoms with Gasteiger partial charge in [-0.2, -0.15) is 0 Å². The van der Waals surface area contributed by atoms with Gasteiger partial charge in [0, 0.05) is 29.7 Å². The van der Waals surface area contributed by atoms with E-state index in [1.165, 1.54) is 0 Å². The van der Waals surface area contributed by atoms with Gasteiger partial charge in [-0.25, -0.2) is 4.98 Å². The zero-order chi connectivity index (χ0) is 17.2. The van der Waals surface area contributed by atoms with Crippen LogP contribution in [0.3, 0.4) is 0 Å². The van der Waals surface area contributed by atoms with Crippen LogP contribution in [0, 0.1) is 0 Å². The standard InChI is InChI=1S/C19H16N4O2/c1-25-14-6-4-5-13(11-14)21-19-18(15-7-2-3-8-16(15)24)22-17-12-20-9-10-23(17)19/h2-12,21,24H,1H3. The molecule has 6 heteroatoms. The maximum atomic E-state index is 10.2. The highest BCUT2D eigenvalue weighted by Crippen LogP contribution is 2.35. The summed E-state index contributed by atoms with van der Waals surface area (Å²) in [7, 11) is 1.63. The van der Waals surface area contributed by atoms with Crippen LogP contribution < -0.4 is 10.1 Å². The number of hydrogen-bond donors (Lipinski definition) is 2. The van der Waals surface area contributed by atoms with Crippen molar-refractivity contribution >= 4 is 17.2 Å². The summed E-state index contributed by atoms with van der Waals surface area (Å²) in [5, 5.41) is 13.6. The van der Waals surface area contributed by atoms with Crippen LogP contribution in [0.1, 0.15) is 0 Å². The number of phenols is 1. The number of methoxy groups -OCH3 is 1. The zero-order valence-electron chi connectivity index (χ0n) is 13.5. The molecule has 0 bridgehead atoms. The van der Waals surface area contributed by atoms with Gasteiger partial charge in [-0.1, -0.05) is 18.2 Å². The Morgan fingerprint density at radius 3 is 2.84 bits per heavy atom. The molecule has 0 saturated carbocycles. The number of phenolic OH excluding ortho intramolecular Hbond substituents is 1. The molecule has 2 aromatic heterocycles. The van der Waals surface area contributed by atoms with Crippen molar-refractivity contribution in [1.29, 1.82) is 0 Å². The summed E-state index contributed by atoms with van der Waals surface area (Å²) in [4.78, 5) is 8.75. The van der Waals surface area contributed by atoms with E-state index in [4.69, 9.17) is 4.74 Å². The van der Waals surface area contributed by atoms with Gasteiger partial charge in [0.2, 0.25) is 0 Å². The molecule has 2 aromatic carbocycles. The van der Waals surface area contributed by atoms with Crippen LogP contribution in [0.2, 0.25) is 0 Å². The first kappa shape index (κ1) is 15.0. The molecule has 0 atom stereocenters. The van der Waals surface area contributed by atoms with Crippen molar-refractivity contribution < 1.29 is 9.84 Å². The van der Waals surface area contributed by atoms with Crippen molar-refractivity contribution in [2.45, 2.75) is 0 Å². The molecule has 6 nitrogen and oxygen atoms in total. The molecule has 0 aliphatic rings. The molecular formula is C19H16N4O2. The Kier molecular flexibility index (Phi) is 3.70. The first-order valence-electron chi connectivity index (χ1n) is 7.78. The Labute approximate surface area is 144 Å². The number of imidazole rings is 1. The van der Waals surface area contributed by atoms with Gasteiger partial charge in [-0.15, -0.1) is 0 Å². The lowest BCUT2D eigenvalue weighted by atomic mass is 10.1. The topological polar surface area (TPSA) is 71.7 Å². The molecule has 0 spiro atoms. The van der Waals surface area contributed by atoms with Gasteiger partial charge in [-0.3, -0.25) is 9.38 Å². The molecular weight excluding hydrogens is 316 g/mol. The van der Waals surface area contributed by atoms with Crippen LogP contribution in [0.25, 0.3) is 16.9 Å². The molecule has 0 amide bonds. The summed E-state index contributed by atoms with van der Waals surface area (Å²) in [6, 6.07) is 14.8. The maximum Gasteiger partial charge on any atom is 0.157 e. The van der Waals surface area contributed by atoms with Crippen molar-refractivity contribution in [3.05, 3.63) is 67.1 Å². The fraction of sp³-hybridized carbons (Fsp3) is 0.0526. The summed E-state index contributed by atoms with van der Waals surface area (Å²) in [6.07, 6.45) is 5.20. The smallest absolute Gasteiger partial charge is 0.157 e. The molecule has 0 aliphatic carbocycles. The molecule has 0 fully saturated rings. The number of ether oxygens (including phenoxy) is 1. The fourth-order valence-electron chi connectivity index (χ4n) is 2.73. The predicted octanol–water partition coefficient (Wildman–Crippen LogP) is 3.85.